The van der Waals surface area contributed by atoms with Crippen LogP contribution in [0.2, 0.25) is 0 Å². The van der Waals surface area contributed by atoms with Gasteiger partial charge in [-0.3, -0.25) is 0 Å². The quantitative estimate of drug-likeness (QED) is 0.837. The number of nitrogens with one attached hydrogen (secondary N) is 1. The van der Waals surface area contributed by atoms with E-state index < -0.39 is 0 Å². The Morgan fingerprint density at radius 3 is 2.83 bits per heavy atom. The molecular formula is C14H21BrN2S. The van der Waals surface area contributed by atoms with Gasteiger partial charge >= 0.3 is 0 Å². The predicted octanol–water partition coefficient (Wildman–Crippen LogP) is 2.90. The van der Waals surface area contributed by atoms with E-state index in [1.54, 1.807) is 0 Å². The summed E-state index contributed by atoms with van der Waals surface area (Å²) in [6.45, 7) is 7.87. The molecule has 0 radical (unpaired) electrons. The molecule has 0 unspecified atom stereocenters. The predicted molar refractivity (Wildman–Crippen MR) is 84.4 cm³/mol. The van der Waals surface area contributed by atoms with Crippen molar-refractivity contribution in [3.05, 3.63) is 33.8 Å². The molecule has 0 aromatic heterocycles. The third kappa shape index (κ3) is 4.57. The van der Waals surface area contributed by atoms with E-state index in [2.05, 4.69) is 63.0 Å². The molecule has 1 N–H and O–H groups in total. The molecule has 18 heavy (non-hydrogen) atoms. The molecule has 4 heteroatoms. The Kier molecular flexibility index (Phi) is 6.02. The summed E-state index contributed by atoms with van der Waals surface area (Å²) in [5, 5.41) is 3.53. The van der Waals surface area contributed by atoms with Gasteiger partial charge in [-0.1, -0.05) is 28.1 Å². The molecule has 1 saturated heterocycles. The zero-order valence-electron chi connectivity index (χ0n) is 10.9. The fourth-order valence-electron chi connectivity index (χ4n) is 2.11. The van der Waals surface area contributed by atoms with Crippen LogP contribution in [0.4, 0.5) is 0 Å². The number of hydrogen-bond acceptors (Lipinski definition) is 3. The third-order valence-corrected chi connectivity index (χ3v) is 5.09. The van der Waals surface area contributed by atoms with E-state index in [-0.39, 0.29) is 0 Å². The second kappa shape index (κ2) is 7.53. The van der Waals surface area contributed by atoms with Crippen LogP contribution in [0.1, 0.15) is 11.1 Å². The van der Waals surface area contributed by atoms with E-state index in [1.807, 2.05) is 0 Å². The highest BCUT2D eigenvalue weighted by atomic mass is 79.9. The summed E-state index contributed by atoms with van der Waals surface area (Å²) < 4.78 is 1.19. The first-order valence-electron chi connectivity index (χ1n) is 6.51. The fraction of sp³-hybridized carbons (Fsp3) is 0.571. The van der Waals surface area contributed by atoms with Crippen LogP contribution < -0.4 is 5.32 Å². The molecule has 0 atom stereocenters. The summed E-state index contributed by atoms with van der Waals surface area (Å²) in [5.74, 6) is 2.60. The van der Waals surface area contributed by atoms with Gasteiger partial charge in [-0.25, -0.2) is 0 Å². The van der Waals surface area contributed by atoms with Crippen molar-refractivity contribution in [2.75, 3.05) is 37.7 Å². The highest BCUT2D eigenvalue weighted by Gasteiger charge is 2.08. The summed E-state index contributed by atoms with van der Waals surface area (Å²) in [4.78, 5) is 2.55. The lowest BCUT2D eigenvalue weighted by atomic mass is 10.1. The molecule has 1 aliphatic heterocycles. The number of hydrogen-bond donors (Lipinski definition) is 1. The molecule has 0 saturated carbocycles. The number of halogens is 1. The van der Waals surface area contributed by atoms with Gasteiger partial charge in [-0.2, -0.15) is 11.8 Å². The van der Waals surface area contributed by atoms with Gasteiger partial charge in [0.15, 0.2) is 0 Å². The number of thioether (sulfide) groups is 1. The van der Waals surface area contributed by atoms with Crippen molar-refractivity contribution >= 4 is 27.7 Å². The zero-order chi connectivity index (χ0) is 12.8. The molecule has 0 aliphatic carbocycles. The van der Waals surface area contributed by atoms with E-state index >= 15 is 0 Å². The Morgan fingerprint density at radius 2 is 2.11 bits per heavy atom. The van der Waals surface area contributed by atoms with Crippen LogP contribution >= 0.6 is 27.7 Å². The fourth-order valence-corrected chi connectivity index (χ4v) is 3.34. The van der Waals surface area contributed by atoms with Gasteiger partial charge < -0.3 is 10.2 Å². The molecule has 1 aromatic carbocycles. The Balaban J connectivity index is 1.66. The lowest BCUT2D eigenvalue weighted by Gasteiger charge is -2.26. The molecule has 1 fully saturated rings. The first kappa shape index (κ1) is 14.4. The number of benzene rings is 1. The summed E-state index contributed by atoms with van der Waals surface area (Å²) in [6, 6.07) is 6.56. The van der Waals surface area contributed by atoms with Gasteiger partial charge in [0.1, 0.15) is 0 Å². The Bertz CT molecular complexity index is 378. The van der Waals surface area contributed by atoms with Crippen molar-refractivity contribution in [2.24, 2.45) is 0 Å². The van der Waals surface area contributed by atoms with Crippen molar-refractivity contribution in [3.63, 3.8) is 0 Å². The second-order valence-corrected chi connectivity index (χ2v) is 6.79. The van der Waals surface area contributed by atoms with Gasteiger partial charge in [-0.15, -0.1) is 0 Å². The minimum Gasteiger partial charge on any atom is -0.311 e. The number of aryl methyl sites for hydroxylation is 1. The van der Waals surface area contributed by atoms with Gasteiger partial charge in [0.2, 0.25) is 0 Å². The standard InChI is InChI=1S/C14H21BrN2S/c1-12-10-13(2-3-14(12)15)11-16-4-5-17-6-8-18-9-7-17/h2-3,10,16H,4-9,11H2,1H3. The molecular weight excluding hydrogens is 308 g/mol. The highest BCUT2D eigenvalue weighted by molar-refractivity contribution is 9.10. The second-order valence-electron chi connectivity index (χ2n) is 4.71. The summed E-state index contributed by atoms with van der Waals surface area (Å²) in [6.07, 6.45) is 0. The highest BCUT2D eigenvalue weighted by Crippen LogP contribution is 2.16. The van der Waals surface area contributed by atoms with Crippen LogP contribution in [0.15, 0.2) is 22.7 Å². The van der Waals surface area contributed by atoms with E-state index in [4.69, 9.17) is 0 Å². The van der Waals surface area contributed by atoms with E-state index in [0.717, 1.165) is 13.1 Å². The monoisotopic (exact) mass is 328 g/mol. The lowest BCUT2D eigenvalue weighted by Crippen LogP contribution is -2.37. The van der Waals surface area contributed by atoms with Crippen molar-refractivity contribution in [1.82, 2.24) is 10.2 Å². The normalized spacial score (nSPS) is 17.0. The molecule has 1 heterocycles. The third-order valence-electron chi connectivity index (χ3n) is 3.26. The van der Waals surface area contributed by atoms with Crippen molar-refractivity contribution < 1.29 is 0 Å². The summed E-state index contributed by atoms with van der Waals surface area (Å²) in [7, 11) is 0. The topological polar surface area (TPSA) is 15.3 Å². The van der Waals surface area contributed by atoms with E-state index in [1.165, 1.54) is 46.7 Å². The Labute approximate surface area is 123 Å². The van der Waals surface area contributed by atoms with Crippen LogP contribution in [-0.4, -0.2) is 42.6 Å². The Hall–Kier alpha value is -0.0300. The smallest absolute Gasteiger partial charge is 0.0206 e. The average Bonchev–Trinajstić information content (AvgIpc) is 2.40. The molecule has 0 amide bonds. The molecule has 2 nitrogen and oxygen atoms in total. The molecule has 2 rings (SSSR count). The van der Waals surface area contributed by atoms with Crippen molar-refractivity contribution in [2.45, 2.75) is 13.5 Å². The summed E-state index contributed by atoms with van der Waals surface area (Å²) >= 11 is 5.61. The largest absolute Gasteiger partial charge is 0.311 e. The lowest BCUT2D eigenvalue weighted by molar-refractivity contribution is 0.301. The molecule has 0 bridgehead atoms. The first-order valence-corrected chi connectivity index (χ1v) is 8.46. The average molecular weight is 329 g/mol. The van der Waals surface area contributed by atoms with Gasteiger partial charge in [0, 0.05) is 48.7 Å². The molecule has 100 valence electrons. The van der Waals surface area contributed by atoms with Crippen molar-refractivity contribution in [1.29, 1.82) is 0 Å². The minimum absolute atomic E-state index is 0.969. The maximum Gasteiger partial charge on any atom is 0.0206 e. The number of rotatable bonds is 5. The SMILES string of the molecule is Cc1cc(CNCCN2CCSCC2)ccc1Br. The Morgan fingerprint density at radius 1 is 1.33 bits per heavy atom. The maximum atomic E-state index is 3.53. The van der Waals surface area contributed by atoms with Crippen LogP contribution in [0.3, 0.4) is 0 Å². The van der Waals surface area contributed by atoms with Crippen LogP contribution in [0.5, 0.6) is 0 Å². The first-order chi connectivity index (χ1) is 8.75. The molecule has 0 spiro atoms. The van der Waals surface area contributed by atoms with E-state index in [9.17, 15) is 0 Å². The van der Waals surface area contributed by atoms with Gasteiger partial charge in [-0.05, 0) is 24.1 Å². The molecule has 1 aromatic rings. The van der Waals surface area contributed by atoms with E-state index in [0.29, 0.717) is 0 Å². The maximum absolute atomic E-state index is 3.53. The van der Waals surface area contributed by atoms with Crippen LogP contribution in [-0.2, 0) is 6.54 Å². The van der Waals surface area contributed by atoms with Crippen LogP contribution in [0, 0.1) is 6.92 Å². The van der Waals surface area contributed by atoms with Gasteiger partial charge in [0.05, 0.1) is 0 Å². The summed E-state index contributed by atoms with van der Waals surface area (Å²) in [5.41, 5.74) is 2.67. The number of nitrogens with zero attached hydrogens (tertiary/aromatic N) is 1. The van der Waals surface area contributed by atoms with Gasteiger partial charge in [0.25, 0.3) is 0 Å². The molecule has 1 aliphatic rings. The minimum atomic E-state index is 0.969. The van der Waals surface area contributed by atoms with Crippen molar-refractivity contribution in [3.8, 4) is 0 Å². The zero-order valence-corrected chi connectivity index (χ0v) is 13.3. The van der Waals surface area contributed by atoms with Crippen LogP contribution in [0.25, 0.3) is 0 Å².